The number of nitrogens with one attached hydrogen (secondary N) is 1. The SMILES string of the molecule is CCCOc1cccc(NC2=C(c3ccc(C)cc3C)C(=O)N(c3cc(C)ccc3C)C2=O)c1. The van der Waals surface area contributed by atoms with Crippen LogP contribution in [0, 0.1) is 27.7 Å². The van der Waals surface area contributed by atoms with E-state index in [0.717, 1.165) is 34.2 Å². The standard InChI is InChI=1S/C29H30N2O3/c1-6-14-34-23-9-7-8-22(17-23)30-27-26(24-13-11-18(2)15-21(24)5)28(32)31(29(27)33)25-16-19(3)10-12-20(25)4/h7-13,15-17,30H,6,14H2,1-5H3. The Kier molecular flexibility index (Phi) is 6.55. The molecule has 5 heteroatoms. The third-order valence-electron chi connectivity index (χ3n) is 5.92. The molecule has 0 saturated heterocycles. The smallest absolute Gasteiger partial charge is 0.282 e. The molecule has 3 aromatic rings. The Labute approximate surface area is 201 Å². The number of carbonyl (C=O) groups is 2. The minimum absolute atomic E-state index is 0.269. The summed E-state index contributed by atoms with van der Waals surface area (Å²) in [5.41, 5.74) is 6.58. The molecule has 0 fully saturated rings. The van der Waals surface area contributed by atoms with E-state index in [2.05, 4.69) is 5.32 Å². The Hall–Kier alpha value is -3.86. The van der Waals surface area contributed by atoms with Gasteiger partial charge in [-0.15, -0.1) is 0 Å². The molecular weight excluding hydrogens is 424 g/mol. The molecule has 2 amide bonds. The van der Waals surface area contributed by atoms with Gasteiger partial charge in [0.05, 0.1) is 17.9 Å². The van der Waals surface area contributed by atoms with Crippen molar-refractivity contribution in [3.05, 3.63) is 94.2 Å². The number of rotatable bonds is 7. The molecule has 0 aliphatic carbocycles. The number of aryl methyl sites for hydroxylation is 4. The number of nitrogens with zero attached hydrogens (tertiary/aromatic N) is 1. The van der Waals surface area contributed by atoms with Crippen LogP contribution < -0.4 is 15.0 Å². The molecule has 4 rings (SSSR count). The molecule has 0 aromatic heterocycles. The van der Waals surface area contributed by atoms with Crippen molar-refractivity contribution in [1.29, 1.82) is 0 Å². The Bertz CT molecular complexity index is 1310. The van der Waals surface area contributed by atoms with E-state index >= 15 is 0 Å². The Morgan fingerprint density at radius 2 is 1.56 bits per heavy atom. The van der Waals surface area contributed by atoms with Gasteiger partial charge in [0, 0.05) is 11.8 Å². The second kappa shape index (κ2) is 9.56. The molecule has 0 atom stereocenters. The number of hydrogen-bond donors (Lipinski definition) is 1. The number of hydrogen-bond acceptors (Lipinski definition) is 4. The van der Waals surface area contributed by atoms with Gasteiger partial charge in [-0.2, -0.15) is 0 Å². The second-order valence-corrected chi connectivity index (χ2v) is 8.81. The Morgan fingerprint density at radius 3 is 2.29 bits per heavy atom. The third kappa shape index (κ3) is 4.46. The summed E-state index contributed by atoms with van der Waals surface area (Å²) >= 11 is 0. The fourth-order valence-electron chi connectivity index (χ4n) is 4.20. The van der Waals surface area contributed by atoms with Crippen molar-refractivity contribution in [2.45, 2.75) is 41.0 Å². The zero-order valence-electron chi connectivity index (χ0n) is 20.4. The van der Waals surface area contributed by atoms with E-state index in [1.807, 2.05) is 95.3 Å². The number of carbonyl (C=O) groups excluding carboxylic acids is 2. The van der Waals surface area contributed by atoms with Gasteiger partial charge in [0.15, 0.2) is 0 Å². The van der Waals surface area contributed by atoms with Crippen LogP contribution in [0.25, 0.3) is 5.57 Å². The van der Waals surface area contributed by atoms with Crippen LogP contribution in [-0.4, -0.2) is 18.4 Å². The summed E-state index contributed by atoms with van der Waals surface area (Å²) in [6.45, 7) is 10.5. The van der Waals surface area contributed by atoms with Crippen molar-refractivity contribution >= 4 is 28.8 Å². The lowest BCUT2D eigenvalue weighted by Gasteiger charge is -2.18. The lowest BCUT2D eigenvalue weighted by molar-refractivity contribution is -0.120. The molecule has 34 heavy (non-hydrogen) atoms. The Balaban J connectivity index is 1.83. The van der Waals surface area contributed by atoms with Crippen LogP contribution in [0.4, 0.5) is 11.4 Å². The van der Waals surface area contributed by atoms with E-state index < -0.39 is 0 Å². The average molecular weight is 455 g/mol. The van der Waals surface area contributed by atoms with Gasteiger partial charge < -0.3 is 10.1 Å². The first kappa shape index (κ1) is 23.3. The minimum Gasteiger partial charge on any atom is -0.494 e. The monoisotopic (exact) mass is 454 g/mol. The van der Waals surface area contributed by atoms with E-state index in [-0.39, 0.29) is 17.5 Å². The number of anilines is 2. The average Bonchev–Trinajstić information content (AvgIpc) is 3.04. The van der Waals surface area contributed by atoms with Gasteiger partial charge in [-0.3, -0.25) is 9.59 Å². The van der Waals surface area contributed by atoms with Crippen LogP contribution in [0.3, 0.4) is 0 Å². The summed E-state index contributed by atoms with van der Waals surface area (Å²) in [6, 6.07) is 19.2. The minimum atomic E-state index is -0.367. The first-order valence-electron chi connectivity index (χ1n) is 11.6. The zero-order valence-corrected chi connectivity index (χ0v) is 20.4. The van der Waals surface area contributed by atoms with Crippen LogP contribution in [0.15, 0.2) is 66.4 Å². The van der Waals surface area contributed by atoms with E-state index in [1.165, 1.54) is 4.90 Å². The highest BCUT2D eigenvalue weighted by molar-refractivity contribution is 6.46. The summed E-state index contributed by atoms with van der Waals surface area (Å²) in [6.07, 6.45) is 0.900. The van der Waals surface area contributed by atoms with Crippen LogP contribution in [0.1, 0.15) is 41.2 Å². The molecule has 0 spiro atoms. The molecule has 3 aromatic carbocycles. The highest BCUT2D eigenvalue weighted by Gasteiger charge is 2.41. The molecule has 0 bridgehead atoms. The van der Waals surface area contributed by atoms with Crippen LogP contribution in [0.5, 0.6) is 5.75 Å². The van der Waals surface area contributed by atoms with Gasteiger partial charge in [0.1, 0.15) is 11.4 Å². The van der Waals surface area contributed by atoms with Crippen molar-refractivity contribution in [3.8, 4) is 5.75 Å². The summed E-state index contributed by atoms with van der Waals surface area (Å²) in [5, 5.41) is 3.25. The highest BCUT2D eigenvalue weighted by Crippen LogP contribution is 2.37. The summed E-state index contributed by atoms with van der Waals surface area (Å²) in [5.74, 6) is 0.0174. The summed E-state index contributed by atoms with van der Waals surface area (Å²) in [4.78, 5) is 28.9. The maximum absolute atomic E-state index is 13.8. The molecule has 0 saturated carbocycles. The molecule has 0 unspecified atom stereocenters. The normalized spacial score (nSPS) is 13.6. The quantitative estimate of drug-likeness (QED) is 0.438. The summed E-state index contributed by atoms with van der Waals surface area (Å²) in [7, 11) is 0. The largest absolute Gasteiger partial charge is 0.494 e. The number of benzene rings is 3. The highest BCUT2D eigenvalue weighted by atomic mass is 16.5. The van der Waals surface area contributed by atoms with Crippen molar-refractivity contribution in [2.75, 3.05) is 16.8 Å². The maximum atomic E-state index is 13.8. The molecule has 1 aliphatic rings. The Morgan fingerprint density at radius 1 is 0.824 bits per heavy atom. The third-order valence-corrected chi connectivity index (χ3v) is 5.92. The fourth-order valence-corrected chi connectivity index (χ4v) is 4.20. The molecular formula is C29H30N2O3. The molecule has 1 heterocycles. The van der Waals surface area contributed by atoms with Gasteiger partial charge in [-0.25, -0.2) is 4.90 Å². The van der Waals surface area contributed by atoms with Crippen molar-refractivity contribution in [2.24, 2.45) is 0 Å². The number of amides is 2. The van der Waals surface area contributed by atoms with Gasteiger partial charge in [0.2, 0.25) is 0 Å². The predicted octanol–water partition coefficient (Wildman–Crippen LogP) is 6.11. The van der Waals surface area contributed by atoms with Gasteiger partial charge in [-0.05, 0) is 74.6 Å². The first-order valence-corrected chi connectivity index (χ1v) is 11.6. The zero-order chi connectivity index (χ0) is 24.4. The van der Waals surface area contributed by atoms with Crippen LogP contribution >= 0.6 is 0 Å². The van der Waals surface area contributed by atoms with Crippen LogP contribution in [0.2, 0.25) is 0 Å². The van der Waals surface area contributed by atoms with Crippen molar-refractivity contribution < 1.29 is 14.3 Å². The fraction of sp³-hybridized carbons (Fsp3) is 0.241. The van der Waals surface area contributed by atoms with Gasteiger partial charge in [0.25, 0.3) is 11.8 Å². The molecule has 1 aliphatic heterocycles. The summed E-state index contributed by atoms with van der Waals surface area (Å²) < 4.78 is 5.75. The first-order chi connectivity index (χ1) is 16.3. The second-order valence-electron chi connectivity index (χ2n) is 8.81. The van der Waals surface area contributed by atoms with Gasteiger partial charge >= 0.3 is 0 Å². The number of imide groups is 1. The lowest BCUT2D eigenvalue weighted by atomic mass is 9.97. The van der Waals surface area contributed by atoms with E-state index in [1.54, 1.807) is 0 Å². The van der Waals surface area contributed by atoms with Crippen molar-refractivity contribution in [1.82, 2.24) is 0 Å². The van der Waals surface area contributed by atoms with E-state index in [4.69, 9.17) is 4.74 Å². The number of ether oxygens (including phenoxy) is 1. The van der Waals surface area contributed by atoms with Crippen LogP contribution in [-0.2, 0) is 9.59 Å². The predicted molar refractivity (Wildman–Crippen MR) is 137 cm³/mol. The maximum Gasteiger partial charge on any atom is 0.282 e. The van der Waals surface area contributed by atoms with E-state index in [9.17, 15) is 9.59 Å². The van der Waals surface area contributed by atoms with Crippen molar-refractivity contribution in [3.63, 3.8) is 0 Å². The molecule has 5 nitrogen and oxygen atoms in total. The molecule has 1 N–H and O–H groups in total. The lowest BCUT2D eigenvalue weighted by Crippen LogP contribution is -2.33. The topological polar surface area (TPSA) is 58.6 Å². The molecule has 174 valence electrons. The molecule has 0 radical (unpaired) electrons. The van der Waals surface area contributed by atoms with Gasteiger partial charge in [-0.1, -0.05) is 48.9 Å². The van der Waals surface area contributed by atoms with E-state index in [0.29, 0.717) is 29.3 Å².